The zero-order valence-electron chi connectivity index (χ0n) is 24.1. The molecule has 1 saturated carbocycles. The molecule has 41 heavy (non-hydrogen) atoms. The van der Waals surface area contributed by atoms with Gasteiger partial charge in [0.15, 0.2) is 0 Å². The Kier molecular flexibility index (Phi) is 9.61. The van der Waals surface area contributed by atoms with Gasteiger partial charge in [-0.05, 0) is 87.3 Å². The van der Waals surface area contributed by atoms with E-state index in [1.807, 2.05) is 19.9 Å². The molecule has 3 aromatic rings. The van der Waals surface area contributed by atoms with Crippen molar-refractivity contribution in [1.29, 1.82) is 0 Å². The summed E-state index contributed by atoms with van der Waals surface area (Å²) < 4.78 is 50.8. The number of rotatable bonds is 13. The van der Waals surface area contributed by atoms with E-state index in [0.29, 0.717) is 41.7 Å². The first-order valence-electron chi connectivity index (χ1n) is 13.9. The molecule has 1 aromatic carbocycles. The molecular weight excluding hydrogens is 549 g/mol. The number of pyridine rings is 1. The lowest BCUT2D eigenvalue weighted by Crippen LogP contribution is -2.31. The Morgan fingerprint density at radius 2 is 1.95 bits per heavy atom. The van der Waals surface area contributed by atoms with Gasteiger partial charge in [0, 0.05) is 30.4 Å². The van der Waals surface area contributed by atoms with Gasteiger partial charge in [-0.3, -0.25) is 13.8 Å². The first kappa shape index (κ1) is 30.8. The minimum Gasteiger partial charge on any atom is -0.760 e. The van der Waals surface area contributed by atoms with Gasteiger partial charge < -0.3 is 19.0 Å². The second-order valence-corrected chi connectivity index (χ2v) is 12.6. The Hall–Kier alpha value is -3.15. The van der Waals surface area contributed by atoms with Crippen molar-refractivity contribution in [3.05, 3.63) is 53.0 Å². The second kappa shape index (κ2) is 12.8. The number of ether oxygens (including phenoxy) is 1. The van der Waals surface area contributed by atoms with Gasteiger partial charge in [0.1, 0.15) is 11.6 Å². The number of esters is 1. The van der Waals surface area contributed by atoms with E-state index in [1.165, 1.54) is 35.6 Å². The largest absolute Gasteiger partial charge is 0.760 e. The molecule has 2 aromatic heterocycles. The number of nitrogens with zero attached hydrogens (tertiary/aromatic N) is 2. The third-order valence-corrected chi connectivity index (χ3v) is 7.95. The van der Waals surface area contributed by atoms with E-state index in [-0.39, 0.29) is 48.3 Å². The predicted octanol–water partition coefficient (Wildman–Crippen LogP) is 5.47. The third kappa shape index (κ3) is 7.38. The van der Waals surface area contributed by atoms with Gasteiger partial charge in [-0.2, -0.15) is 0 Å². The summed E-state index contributed by atoms with van der Waals surface area (Å²) in [5.74, 6) is -0.375. The summed E-state index contributed by atoms with van der Waals surface area (Å²) in [6, 6.07) is 7.51. The highest BCUT2D eigenvalue weighted by Crippen LogP contribution is 2.44. The molecule has 1 N–H and O–H groups in total. The summed E-state index contributed by atoms with van der Waals surface area (Å²) in [6.07, 6.45) is 2.78. The fourth-order valence-electron chi connectivity index (χ4n) is 4.71. The van der Waals surface area contributed by atoms with Crippen LogP contribution >= 0.6 is 0 Å². The average molecular weight is 587 g/mol. The van der Waals surface area contributed by atoms with Gasteiger partial charge in [0.05, 0.1) is 35.2 Å². The summed E-state index contributed by atoms with van der Waals surface area (Å²) in [7, 11) is 1.52. The highest BCUT2D eigenvalue weighted by atomic mass is 32.2. The maximum absolute atomic E-state index is 13.6. The van der Waals surface area contributed by atoms with Crippen molar-refractivity contribution in [3.8, 4) is 11.3 Å². The fourth-order valence-corrected chi connectivity index (χ4v) is 5.22. The van der Waals surface area contributed by atoms with E-state index in [1.54, 1.807) is 13.8 Å². The number of carbonyl (C=O) groups excluding carboxylic acids is 2. The molecule has 0 radical (unpaired) electrons. The van der Waals surface area contributed by atoms with Crippen molar-refractivity contribution in [2.75, 3.05) is 20.2 Å². The number of hydrogen-bond acceptors (Lipinski definition) is 7. The lowest BCUT2D eigenvalue weighted by molar-refractivity contribution is -0.155. The number of fused-ring (bicyclic) bond motifs is 1. The van der Waals surface area contributed by atoms with Crippen molar-refractivity contribution in [1.82, 2.24) is 14.6 Å². The summed E-state index contributed by atoms with van der Waals surface area (Å²) in [6.45, 7) is 8.10. The first-order chi connectivity index (χ1) is 19.4. The Balaban J connectivity index is 1.61. The van der Waals surface area contributed by atoms with Crippen LogP contribution in [-0.4, -0.2) is 50.1 Å². The number of aromatic nitrogens is 1. The van der Waals surface area contributed by atoms with Crippen molar-refractivity contribution in [2.24, 2.45) is 11.3 Å². The molecule has 1 amide bonds. The van der Waals surface area contributed by atoms with E-state index < -0.39 is 22.5 Å². The van der Waals surface area contributed by atoms with Crippen molar-refractivity contribution < 1.29 is 31.9 Å². The van der Waals surface area contributed by atoms with Gasteiger partial charge >= 0.3 is 5.97 Å². The van der Waals surface area contributed by atoms with Gasteiger partial charge in [-0.1, -0.05) is 13.8 Å². The van der Waals surface area contributed by atoms with E-state index in [2.05, 4.69) is 5.32 Å². The minimum absolute atomic E-state index is 0.0258. The van der Waals surface area contributed by atoms with Crippen LogP contribution in [0, 0.1) is 17.2 Å². The molecule has 1 unspecified atom stereocenters. The van der Waals surface area contributed by atoms with E-state index in [9.17, 15) is 22.7 Å². The van der Waals surface area contributed by atoms with Crippen LogP contribution in [0.4, 0.5) is 4.39 Å². The molecule has 4 rings (SSSR count). The van der Waals surface area contributed by atoms with Crippen LogP contribution in [0.3, 0.4) is 0 Å². The van der Waals surface area contributed by atoms with Crippen LogP contribution in [0.2, 0.25) is 0 Å². The summed E-state index contributed by atoms with van der Waals surface area (Å²) in [5, 5.41) is 3.16. The van der Waals surface area contributed by atoms with Crippen LogP contribution in [0.5, 0.6) is 0 Å². The lowest BCUT2D eigenvalue weighted by atomic mass is 9.88. The van der Waals surface area contributed by atoms with Crippen LogP contribution in [0.25, 0.3) is 22.4 Å². The Morgan fingerprint density at radius 1 is 1.27 bits per heavy atom. The highest BCUT2D eigenvalue weighted by Gasteiger charge is 2.32. The van der Waals surface area contributed by atoms with Gasteiger partial charge in [0.2, 0.25) is 5.71 Å². The number of carbonyl (C=O) groups is 2. The number of furan rings is 1. The lowest BCUT2D eigenvalue weighted by Gasteiger charge is -2.27. The van der Waals surface area contributed by atoms with E-state index >= 15 is 0 Å². The van der Waals surface area contributed by atoms with Gasteiger partial charge in [0.25, 0.3) is 5.91 Å². The zero-order chi connectivity index (χ0) is 29.9. The fraction of sp³-hybridized carbons (Fsp3) is 0.500. The Labute approximate surface area is 242 Å². The molecular formula is C30H37FN3O6S-. The van der Waals surface area contributed by atoms with Crippen LogP contribution in [0.1, 0.15) is 80.9 Å². The number of hydrogen-bond donors (Lipinski definition) is 1. The Morgan fingerprint density at radius 3 is 2.54 bits per heavy atom. The average Bonchev–Trinajstić information content (AvgIpc) is 3.70. The molecule has 11 heteroatoms. The molecule has 1 aliphatic rings. The van der Waals surface area contributed by atoms with Crippen LogP contribution < -0.4 is 5.32 Å². The van der Waals surface area contributed by atoms with Crippen molar-refractivity contribution in [3.63, 3.8) is 0 Å². The normalized spacial score (nSPS) is 14.6. The summed E-state index contributed by atoms with van der Waals surface area (Å²) in [4.78, 5) is 30.2. The molecule has 0 bridgehead atoms. The van der Waals surface area contributed by atoms with E-state index in [4.69, 9.17) is 14.1 Å². The first-order valence-corrected chi connectivity index (χ1v) is 14.9. The minimum atomic E-state index is -2.53. The maximum atomic E-state index is 13.6. The summed E-state index contributed by atoms with van der Waals surface area (Å²) >= 11 is -2.53. The topological polar surface area (TPSA) is 125 Å². The molecule has 0 spiro atoms. The molecule has 1 atom stereocenters. The van der Waals surface area contributed by atoms with Crippen molar-refractivity contribution in [2.45, 2.75) is 65.8 Å². The summed E-state index contributed by atoms with van der Waals surface area (Å²) in [5.41, 5.74) is 1.71. The SMILES string of the molecule is CNC(=O)c1c(-c2ccc(F)cc2)oc2nc(CN(CCCC(C)(C)C(=O)OCC(C)C)S(=O)[O-])c(C3CC3)cc12. The molecule has 0 saturated heterocycles. The number of benzene rings is 1. The highest BCUT2D eigenvalue weighted by molar-refractivity contribution is 7.76. The zero-order valence-corrected chi connectivity index (χ0v) is 24.9. The predicted molar refractivity (Wildman–Crippen MR) is 153 cm³/mol. The molecule has 2 heterocycles. The van der Waals surface area contributed by atoms with Crippen LogP contribution in [-0.2, 0) is 27.3 Å². The quantitative estimate of drug-likeness (QED) is 0.208. The maximum Gasteiger partial charge on any atom is 0.311 e. The van der Waals surface area contributed by atoms with E-state index in [0.717, 1.165) is 18.4 Å². The van der Waals surface area contributed by atoms with Gasteiger partial charge in [-0.15, -0.1) is 0 Å². The number of nitrogens with one attached hydrogen (secondary N) is 1. The number of amides is 1. The molecule has 9 nitrogen and oxygen atoms in total. The Bertz CT molecular complexity index is 1430. The monoisotopic (exact) mass is 586 g/mol. The van der Waals surface area contributed by atoms with Gasteiger partial charge in [-0.25, -0.2) is 13.7 Å². The third-order valence-electron chi connectivity index (χ3n) is 7.22. The second-order valence-electron chi connectivity index (χ2n) is 11.6. The van der Waals surface area contributed by atoms with Crippen molar-refractivity contribution >= 4 is 34.2 Å². The molecule has 1 fully saturated rings. The smallest absolute Gasteiger partial charge is 0.311 e. The number of halogens is 1. The standard InChI is InChI=1S/C30H38FN3O6S/c1-18(2)17-39-29(36)30(3,4)13-6-14-34(41(37)38)16-24-22(19-7-8-19)15-23-25(27(35)32-5)26(40-28(23)33-24)20-9-11-21(31)12-10-20/h9-12,15,18-19H,6-8,13-14,16-17H2,1-5H3,(H,32,35)(H,37,38)/p-1. The molecule has 0 aliphatic heterocycles. The molecule has 1 aliphatic carbocycles. The molecule has 222 valence electrons. The van der Waals surface area contributed by atoms with Crippen LogP contribution in [0.15, 0.2) is 34.7 Å².